The van der Waals surface area contributed by atoms with Gasteiger partial charge < -0.3 is 20.7 Å². The van der Waals surface area contributed by atoms with E-state index in [2.05, 4.69) is 20.3 Å². The molecule has 154 valence electrons. The smallest absolute Gasteiger partial charge is 0.406 e. The van der Waals surface area contributed by atoms with Crippen LogP contribution in [0.15, 0.2) is 33.6 Å². The van der Waals surface area contributed by atoms with E-state index in [1.807, 2.05) is 0 Å². The highest BCUT2D eigenvalue weighted by Gasteiger charge is 2.31. The van der Waals surface area contributed by atoms with Crippen LogP contribution in [0.25, 0.3) is 10.9 Å². The van der Waals surface area contributed by atoms with E-state index in [0.717, 1.165) is 22.9 Å². The minimum atomic E-state index is -4.89. The van der Waals surface area contributed by atoms with Crippen molar-refractivity contribution >= 4 is 22.6 Å². The summed E-state index contributed by atoms with van der Waals surface area (Å²) in [6.07, 6.45) is -5.07. The fourth-order valence-electron chi connectivity index (χ4n) is 2.56. The van der Waals surface area contributed by atoms with Gasteiger partial charge in [-0.3, -0.25) is 15.0 Å². The molecular formula is C16H15F3N6O4. The average molecular weight is 412 g/mol. The number of hydrogen-bond donors (Lipinski definition) is 3. The average Bonchev–Trinajstić information content (AvgIpc) is 3.01. The number of aromatic nitrogens is 3. The van der Waals surface area contributed by atoms with Crippen molar-refractivity contribution in [2.24, 2.45) is 5.73 Å². The van der Waals surface area contributed by atoms with Crippen molar-refractivity contribution in [1.82, 2.24) is 14.8 Å². The number of anilines is 1. The number of benzene rings is 1. The second-order valence-electron chi connectivity index (χ2n) is 5.86. The van der Waals surface area contributed by atoms with Gasteiger partial charge in [-0.1, -0.05) is 5.16 Å². The molecule has 5 N–H and O–H groups in total. The molecule has 2 heterocycles. The van der Waals surface area contributed by atoms with E-state index in [0.29, 0.717) is 0 Å². The molecular weight excluding hydrogens is 397 g/mol. The summed E-state index contributed by atoms with van der Waals surface area (Å²) in [5.74, 6) is -0.825. The van der Waals surface area contributed by atoms with Crippen LogP contribution >= 0.6 is 0 Å². The summed E-state index contributed by atoms with van der Waals surface area (Å²) in [5.41, 5.74) is 12.6. The van der Waals surface area contributed by atoms with Crippen LogP contribution in [-0.4, -0.2) is 33.6 Å². The number of carbonyl (C=O) groups excluding carboxylic acids is 1. The highest BCUT2D eigenvalue weighted by atomic mass is 19.4. The van der Waals surface area contributed by atoms with Crippen molar-refractivity contribution in [2.75, 3.05) is 17.7 Å². The van der Waals surface area contributed by atoms with Crippen molar-refractivity contribution in [3.8, 4) is 5.75 Å². The fourth-order valence-corrected chi connectivity index (χ4v) is 2.56. The minimum Gasteiger partial charge on any atom is -0.406 e. The van der Waals surface area contributed by atoms with Crippen LogP contribution in [0, 0.1) is 0 Å². The van der Waals surface area contributed by atoms with Crippen LogP contribution in [0.3, 0.4) is 0 Å². The van der Waals surface area contributed by atoms with Gasteiger partial charge in [0.15, 0.2) is 5.82 Å². The summed E-state index contributed by atoms with van der Waals surface area (Å²) >= 11 is 0. The summed E-state index contributed by atoms with van der Waals surface area (Å²) in [6.45, 7) is 0.0746. The number of nitrogens with one attached hydrogen (secondary N) is 1. The Morgan fingerprint density at radius 1 is 1.31 bits per heavy atom. The molecule has 1 amide bonds. The number of halogens is 3. The molecule has 0 unspecified atom stereocenters. The van der Waals surface area contributed by atoms with E-state index in [-0.39, 0.29) is 47.7 Å². The Kier molecular flexibility index (Phi) is 5.41. The number of amides is 1. The van der Waals surface area contributed by atoms with Crippen molar-refractivity contribution in [2.45, 2.75) is 19.2 Å². The molecule has 2 aromatic heterocycles. The molecule has 0 saturated carbocycles. The summed E-state index contributed by atoms with van der Waals surface area (Å²) < 4.78 is 46.8. The standard InChI is InChI=1S/C16H15F3N6O4/c17-16(18,19)28-8-1-2-10-11(5-8)22-13(3-4-20)25(15(10)27)23-14(26)7-9-6-12(21)24-29-9/h1-2,5-6H,3-4,7,20H2,(H2,21,24)(H,23,26). The maximum Gasteiger partial charge on any atom is 0.573 e. The van der Waals surface area contributed by atoms with Gasteiger partial charge in [0, 0.05) is 18.6 Å². The van der Waals surface area contributed by atoms with Gasteiger partial charge >= 0.3 is 6.36 Å². The third-order valence-corrected chi connectivity index (χ3v) is 3.66. The number of ether oxygens (including phenoxy) is 1. The van der Waals surface area contributed by atoms with Gasteiger partial charge in [-0.05, 0) is 18.7 Å². The van der Waals surface area contributed by atoms with Crippen LogP contribution < -0.4 is 27.2 Å². The van der Waals surface area contributed by atoms with E-state index in [1.165, 1.54) is 6.07 Å². The number of nitrogens with zero attached hydrogens (tertiary/aromatic N) is 3. The lowest BCUT2D eigenvalue weighted by Gasteiger charge is -2.14. The zero-order valence-corrected chi connectivity index (χ0v) is 14.7. The first-order valence-corrected chi connectivity index (χ1v) is 8.18. The molecule has 29 heavy (non-hydrogen) atoms. The molecule has 0 bridgehead atoms. The number of hydrogen-bond acceptors (Lipinski definition) is 8. The Balaban J connectivity index is 1.96. The van der Waals surface area contributed by atoms with Gasteiger partial charge in [0.1, 0.15) is 17.3 Å². The first-order valence-electron chi connectivity index (χ1n) is 8.18. The minimum absolute atomic E-state index is 0.0236. The third kappa shape index (κ3) is 4.82. The summed E-state index contributed by atoms with van der Waals surface area (Å²) in [7, 11) is 0. The highest BCUT2D eigenvalue weighted by Crippen LogP contribution is 2.24. The summed E-state index contributed by atoms with van der Waals surface area (Å²) in [4.78, 5) is 29.2. The zero-order valence-electron chi connectivity index (χ0n) is 14.7. The van der Waals surface area contributed by atoms with Gasteiger partial charge in [0.2, 0.25) is 5.91 Å². The zero-order chi connectivity index (χ0) is 21.2. The van der Waals surface area contributed by atoms with Gasteiger partial charge in [-0.15, -0.1) is 13.2 Å². The molecule has 0 saturated heterocycles. The quantitative estimate of drug-likeness (QED) is 0.535. The molecule has 3 rings (SSSR count). The van der Waals surface area contributed by atoms with E-state index in [4.69, 9.17) is 16.0 Å². The number of rotatable bonds is 6. The second-order valence-corrected chi connectivity index (χ2v) is 5.86. The number of nitrogen functional groups attached to an aromatic ring is 1. The van der Waals surface area contributed by atoms with Crippen LogP contribution in [0.5, 0.6) is 5.75 Å². The van der Waals surface area contributed by atoms with E-state index in [9.17, 15) is 22.8 Å². The Morgan fingerprint density at radius 3 is 2.69 bits per heavy atom. The number of fused-ring (bicyclic) bond motifs is 1. The Bertz CT molecular complexity index is 1110. The molecule has 0 radical (unpaired) electrons. The van der Waals surface area contributed by atoms with Crippen LogP contribution in [0.2, 0.25) is 0 Å². The number of nitrogens with two attached hydrogens (primary N) is 2. The second kappa shape index (κ2) is 7.79. The molecule has 10 nitrogen and oxygen atoms in total. The topological polar surface area (TPSA) is 151 Å². The monoisotopic (exact) mass is 412 g/mol. The molecule has 0 aliphatic rings. The lowest BCUT2D eigenvalue weighted by molar-refractivity contribution is -0.274. The molecule has 0 fully saturated rings. The normalized spacial score (nSPS) is 11.6. The van der Waals surface area contributed by atoms with Gasteiger partial charge in [-0.25, -0.2) is 9.66 Å². The molecule has 1 aromatic carbocycles. The van der Waals surface area contributed by atoms with Crippen molar-refractivity contribution in [3.05, 3.63) is 46.2 Å². The molecule has 0 spiro atoms. The lowest BCUT2D eigenvalue weighted by atomic mass is 10.2. The summed E-state index contributed by atoms with van der Waals surface area (Å²) in [5, 5.41) is 3.43. The number of carbonyl (C=O) groups is 1. The highest BCUT2D eigenvalue weighted by molar-refractivity contribution is 5.86. The molecule has 13 heteroatoms. The first kappa shape index (κ1) is 20.1. The lowest BCUT2D eigenvalue weighted by Crippen LogP contribution is -2.37. The Labute approximate surface area is 160 Å². The fraction of sp³-hybridized carbons (Fsp3) is 0.250. The van der Waals surface area contributed by atoms with Crippen molar-refractivity contribution in [1.29, 1.82) is 0 Å². The van der Waals surface area contributed by atoms with E-state index < -0.39 is 23.6 Å². The van der Waals surface area contributed by atoms with Crippen molar-refractivity contribution < 1.29 is 27.2 Å². The largest absolute Gasteiger partial charge is 0.573 e. The predicted molar refractivity (Wildman–Crippen MR) is 94.4 cm³/mol. The molecule has 0 aliphatic heterocycles. The third-order valence-electron chi connectivity index (χ3n) is 3.66. The Hall–Kier alpha value is -3.61. The molecule has 0 atom stereocenters. The van der Waals surface area contributed by atoms with Crippen LogP contribution in [-0.2, 0) is 17.6 Å². The molecule has 3 aromatic rings. The van der Waals surface area contributed by atoms with Crippen LogP contribution in [0.1, 0.15) is 11.6 Å². The van der Waals surface area contributed by atoms with E-state index in [1.54, 1.807) is 0 Å². The first-order chi connectivity index (χ1) is 13.7. The number of alkyl halides is 3. The van der Waals surface area contributed by atoms with Gasteiger partial charge in [-0.2, -0.15) is 0 Å². The van der Waals surface area contributed by atoms with Crippen molar-refractivity contribution in [3.63, 3.8) is 0 Å². The van der Waals surface area contributed by atoms with Gasteiger partial charge in [0.25, 0.3) is 5.56 Å². The predicted octanol–water partition coefficient (Wildman–Crippen LogP) is 0.679. The molecule has 0 aliphatic carbocycles. The van der Waals surface area contributed by atoms with E-state index >= 15 is 0 Å². The summed E-state index contributed by atoms with van der Waals surface area (Å²) in [6, 6.07) is 4.43. The maximum absolute atomic E-state index is 12.8. The van der Waals surface area contributed by atoms with Gasteiger partial charge in [0.05, 0.1) is 17.3 Å². The van der Waals surface area contributed by atoms with Crippen LogP contribution in [0.4, 0.5) is 19.0 Å². The Morgan fingerprint density at radius 2 is 2.07 bits per heavy atom. The maximum atomic E-state index is 12.8. The SMILES string of the molecule is NCCc1nc2cc(OC(F)(F)F)ccc2c(=O)n1NC(=O)Cc1cc(N)no1.